The first-order valence-corrected chi connectivity index (χ1v) is 4.30. The standard InChI is InChI=1S/C9H16O4/c1-4-5-6-9(2,7(10)11)8(12)13-3/h4-6H2,1-3H3,(H,10,11)/t9-/m0/s1. The van der Waals surface area contributed by atoms with Crippen LogP contribution in [0.1, 0.15) is 33.1 Å². The van der Waals surface area contributed by atoms with Crippen LogP contribution in [-0.2, 0) is 14.3 Å². The number of carboxylic acids is 1. The molecule has 4 heteroatoms. The summed E-state index contributed by atoms with van der Waals surface area (Å²) in [4.78, 5) is 22.0. The van der Waals surface area contributed by atoms with Crippen LogP contribution in [0.25, 0.3) is 0 Å². The second-order valence-corrected chi connectivity index (χ2v) is 3.23. The van der Waals surface area contributed by atoms with Gasteiger partial charge in [-0.05, 0) is 13.3 Å². The van der Waals surface area contributed by atoms with E-state index in [1.54, 1.807) is 0 Å². The van der Waals surface area contributed by atoms with Crippen LogP contribution in [0, 0.1) is 5.41 Å². The van der Waals surface area contributed by atoms with Crippen LogP contribution < -0.4 is 0 Å². The summed E-state index contributed by atoms with van der Waals surface area (Å²) in [6.45, 7) is 3.34. The van der Waals surface area contributed by atoms with Gasteiger partial charge in [0, 0.05) is 0 Å². The zero-order chi connectivity index (χ0) is 10.5. The minimum Gasteiger partial charge on any atom is -0.480 e. The number of ether oxygens (including phenoxy) is 1. The highest BCUT2D eigenvalue weighted by Gasteiger charge is 2.41. The van der Waals surface area contributed by atoms with Crippen molar-refractivity contribution in [3.63, 3.8) is 0 Å². The Kier molecular flexibility index (Phi) is 4.45. The minimum atomic E-state index is -1.38. The van der Waals surface area contributed by atoms with E-state index < -0.39 is 17.4 Å². The fourth-order valence-electron chi connectivity index (χ4n) is 1.05. The SMILES string of the molecule is CCCC[C@@](C)(C(=O)O)C(=O)OC. The van der Waals surface area contributed by atoms with Crippen molar-refractivity contribution in [3.8, 4) is 0 Å². The summed E-state index contributed by atoms with van der Waals surface area (Å²) >= 11 is 0. The molecule has 0 heterocycles. The third kappa shape index (κ3) is 2.72. The molecule has 0 saturated carbocycles. The molecule has 0 saturated heterocycles. The van der Waals surface area contributed by atoms with E-state index >= 15 is 0 Å². The highest BCUT2D eigenvalue weighted by atomic mass is 16.5. The highest BCUT2D eigenvalue weighted by molar-refractivity contribution is 5.98. The number of carbonyl (C=O) groups excluding carboxylic acids is 1. The largest absolute Gasteiger partial charge is 0.480 e. The average Bonchev–Trinajstić information content (AvgIpc) is 2.12. The van der Waals surface area contributed by atoms with Crippen LogP contribution in [0.3, 0.4) is 0 Å². The third-order valence-corrected chi connectivity index (χ3v) is 2.14. The maximum atomic E-state index is 11.2. The third-order valence-electron chi connectivity index (χ3n) is 2.14. The van der Waals surface area contributed by atoms with Gasteiger partial charge in [-0.15, -0.1) is 0 Å². The van der Waals surface area contributed by atoms with Gasteiger partial charge in [0.05, 0.1) is 7.11 Å². The fourth-order valence-corrected chi connectivity index (χ4v) is 1.05. The van der Waals surface area contributed by atoms with Gasteiger partial charge in [-0.25, -0.2) is 0 Å². The fraction of sp³-hybridized carbons (Fsp3) is 0.778. The lowest BCUT2D eigenvalue weighted by Crippen LogP contribution is -2.37. The Balaban J connectivity index is 4.52. The van der Waals surface area contributed by atoms with Gasteiger partial charge in [-0.1, -0.05) is 19.8 Å². The van der Waals surface area contributed by atoms with Gasteiger partial charge in [-0.2, -0.15) is 0 Å². The molecule has 0 amide bonds. The molecular formula is C9H16O4. The summed E-state index contributed by atoms with van der Waals surface area (Å²) in [5, 5.41) is 8.86. The first-order valence-electron chi connectivity index (χ1n) is 4.30. The maximum absolute atomic E-state index is 11.2. The number of hydrogen-bond donors (Lipinski definition) is 1. The van der Waals surface area contributed by atoms with Crippen molar-refractivity contribution in [2.45, 2.75) is 33.1 Å². The van der Waals surface area contributed by atoms with Crippen molar-refractivity contribution in [2.24, 2.45) is 5.41 Å². The Morgan fingerprint density at radius 2 is 2.00 bits per heavy atom. The molecule has 0 spiro atoms. The Hall–Kier alpha value is -1.06. The summed E-state index contributed by atoms with van der Waals surface area (Å²) in [5.74, 6) is -1.79. The van der Waals surface area contributed by atoms with Crippen LogP contribution in [0.2, 0.25) is 0 Å². The Labute approximate surface area is 77.9 Å². The first-order chi connectivity index (χ1) is 5.99. The normalized spacial score (nSPS) is 14.7. The topological polar surface area (TPSA) is 63.6 Å². The average molecular weight is 188 g/mol. The van der Waals surface area contributed by atoms with Gasteiger partial charge >= 0.3 is 11.9 Å². The van der Waals surface area contributed by atoms with E-state index in [0.29, 0.717) is 12.8 Å². The lowest BCUT2D eigenvalue weighted by molar-refractivity contribution is -0.166. The molecule has 4 nitrogen and oxygen atoms in total. The quantitative estimate of drug-likeness (QED) is 0.523. The van der Waals surface area contributed by atoms with Crippen LogP contribution in [0.15, 0.2) is 0 Å². The summed E-state index contributed by atoms with van der Waals surface area (Å²) in [5.41, 5.74) is -1.38. The van der Waals surface area contributed by atoms with Crippen LogP contribution in [-0.4, -0.2) is 24.2 Å². The molecule has 1 N–H and O–H groups in total. The Morgan fingerprint density at radius 3 is 2.31 bits per heavy atom. The second kappa shape index (κ2) is 4.84. The van der Waals surface area contributed by atoms with Gasteiger partial charge in [0.2, 0.25) is 0 Å². The molecule has 0 rings (SSSR count). The molecule has 0 aliphatic carbocycles. The number of carbonyl (C=O) groups is 2. The zero-order valence-corrected chi connectivity index (χ0v) is 8.29. The summed E-state index contributed by atoms with van der Waals surface area (Å²) in [7, 11) is 1.20. The van der Waals surface area contributed by atoms with Crippen LogP contribution in [0.4, 0.5) is 0 Å². The molecule has 0 aromatic rings. The molecule has 0 radical (unpaired) electrons. The number of rotatable bonds is 5. The predicted octanol–water partition coefficient (Wildman–Crippen LogP) is 1.44. The summed E-state index contributed by atoms with van der Waals surface area (Å²) in [6.07, 6.45) is 1.89. The van der Waals surface area contributed by atoms with E-state index in [0.717, 1.165) is 6.42 Å². The van der Waals surface area contributed by atoms with Crippen molar-refractivity contribution in [1.29, 1.82) is 0 Å². The van der Waals surface area contributed by atoms with E-state index in [1.165, 1.54) is 14.0 Å². The molecular weight excluding hydrogens is 172 g/mol. The van der Waals surface area contributed by atoms with Crippen molar-refractivity contribution in [3.05, 3.63) is 0 Å². The van der Waals surface area contributed by atoms with Crippen LogP contribution in [0.5, 0.6) is 0 Å². The molecule has 1 atom stereocenters. The monoisotopic (exact) mass is 188 g/mol. The maximum Gasteiger partial charge on any atom is 0.322 e. The molecule has 0 aliphatic heterocycles. The van der Waals surface area contributed by atoms with Gasteiger partial charge in [0.1, 0.15) is 0 Å². The van der Waals surface area contributed by atoms with E-state index in [1.807, 2.05) is 6.92 Å². The minimum absolute atomic E-state index is 0.325. The number of aliphatic carboxylic acids is 1. The second-order valence-electron chi connectivity index (χ2n) is 3.23. The van der Waals surface area contributed by atoms with Crippen molar-refractivity contribution in [2.75, 3.05) is 7.11 Å². The molecule has 13 heavy (non-hydrogen) atoms. The van der Waals surface area contributed by atoms with Gasteiger partial charge in [-0.3, -0.25) is 9.59 Å². The zero-order valence-electron chi connectivity index (χ0n) is 8.29. The van der Waals surface area contributed by atoms with Gasteiger partial charge in [0.25, 0.3) is 0 Å². The number of carboxylic acid groups (broad SMARTS) is 1. The molecule has 0 bridgehead atoms. The highest BCUT2D eigenvalue weighted by Crippen LogP contribution is 2.25. The Morgan fingerprint density at radius 1 is 1.46 bits per heavy atom. The summed E-state index contributed by atoms with van der Waals surface area (Å²) < 4.78 is 4.45. The van der Waals surface area contributed by atoms with Crippen molar-refractivity contribution in [1.82, 2.24) is 0 Å². The first kappa shape index (κ1) is 11.9. The lowest BCUT2D eigenvalue weighted by atomic mass is 9.85. The smallest absolute Gasteiger partial charge is 0.322 e. The number of esters is 1. The van der Waals surface area contributed by atoms with E-state index in [-0.39, 0.29) is 0 Å². The molecule has 0 aromatic heterocycles. The number of hydrogen-bond acceptors (Lipinski definition) is 3. The molecule has 0 fully saturated rings. The van der Waals surface area contributed by atoms with Crippen LogP contribution >= 0.6 is 0 Å². The Bertz CT molecular complexity index is 200. The van der Waals surface area contributed by atoms with Crippen molar-refractivity contribution >= 4 is 11.9 Å². The van der Waals surface area contributed by atoms with E-state index in [2.05, 4.69) is 4.74 Å². The number of unbranched alkanes of at least 4 members (excludes halogenated alkanes) is 1. The molecule has 0 unspecified atom stereocenters. The van der Waals surface area contributed by atoms with Crippen molar-refractivity contribution < 1.29 is 19.4 Å². The number of methoxy groups -OCH3 is 1. The molecule has 76 valence electrons. The van der Waals surface area contributed by atoms with Gasteiger partial charge in [0.15, 0.2) is 5.41 Å². The van der Waals surface area contributed by atoms with E-state index in [4.69, 9.17) is 5.11 Å². The predicted molar refractivity (Wildman–Crippen MR) is 47.3 cm³/mol. The molecule has 0 aliphatic rings. The molecule has 0 aromatic carbocycles. The van der Waals surface area contributed by atoms with Gasteiger partial charge < -0.3 is 9.84 Å². The van der Waals surface area contributed by atoms with E-state index in [9.17, 15) is 9.59 Å². The summed E-state index contributed by atoms with van der Waals surface area (Å²) in [6, 6.07) is 0. The lowest BCUT2D eigenvalue weighted by Gasteiger charge is -2.20.